The van der Waals surface area contributed by atoms with Crippen molar-refractivity contribution in [2.45, 2.75) is 6.18 Å². The van der Waals surface area contributed by atoms with Gasteiger partial charge in [0.2, 0.25) is 0 Å². The van der Waals surface area contributed by atoms with Gasteiger partial charge in [-0.15, -0.1) is 0 Å². The summed E-state index contributed by atoms with van der Waals surface area (Å²) in [6.45, 7) is 0. The van der Waals surface area contributed by atoms with Crippen LogP contribution in [0.25, 0.3) is 11.1 Å². The minimum Gasteiger partial charge on any atom is -0.320 e. The zero-order valence-corrected chi connectivity index (χ0v) is 13.8. The van der Waals surface area contributed by atoms with Crippen LogP contribution in [0, 0.1) is 0 Å². The van der Waals surface area contributed by atoms with Crippen LogP contribution in [0.2, 0.25) is 5.02 Å². The van der Waals surface area contributed by atoms with Crippen molar-refractivity contribution in [2.75, 3.05) is 5.32 Å². The van der Waals surface area contributed by atoms with E-state index in [-0.39, 0.29) is 0 Å². The fourth-order valence-electron chi connectivity index (χ4n) is 2.37. The first kappa shape index (κ1) is 17.9. The number of anilines is 1. The van der Waals surface area contributed by atoms with Crippen molar-refractivity contribution in [3.8, 4) is 11.1 Å². The van der Waals surface area contributed by atoms with Crippen LogP contribution in [0.3, 0.4) is 0 Å². The van der Waals surface area contributed by atoms with E-state index in [4.69, 9.17) is 11.6 Å². The Hall–Kier alpha value is -2.93. The summed E-state index contributed by atoms with van der Waals surface area (Å²) >= 11 is 5.87. The predicted molar refractivity (Wildman–Crippen MR) is 91.9 cm³/mol. The molecule has 0 spiro atoms. The molecule has 0 aliphatic rings. The molecule has 0 radical (unpaired) electrons. The number of hydrogen-bond donors (Lipinski definition) is 1. The lowest BCUT2D eigenvalue weighted by molar-refractivity contribution is -0.141. The zero-order valence-electron chi connectivity index (χ0n) is 13.1. The molecule has 0 fully saturated rings. The van der Waals surface area contributed by atoms with Gasteiger partial charge in [0, 0.05) is 28.7 Å². The number of nitrogens with zero attached hydrogens (tertiary/aromatic N) is 2. The summed E-state index contributed by atoms with van der Waals surface area (Å²) in [5.41, 5.74) is -0.388. The second-order valence-corrected chi connectivity index (χ2v) is 5.69. The highest BCUT2D eigenvalue weighted by molar-refractivity contribution is 6.30. The van der Waals surface area contributed by atoms with E-state index in [0.717, 1.165) is 18.0 Å². The molecule has 0 aliphatic heterocycles. The summed E-state index contributed by atoms with van der Waals surface area (Å²) in [5.74, 6) is -0.994. The third-order valence-corrected chi connectivity index (χ3v) is 3.76. The van der Waals surface area contributed by atoms with E-state index in [2.05, 4.69) is 15.3 Å². The average molecular weight is 378 g/mol. The second-order valence-electron chi connectivity index (χ2n) is 5.26. The number of para-hydroxylation sites is 1. The predicted octanol–water partition coefficient (Wildman–Crippen LogP) is 5.07. The molecular weight excluding hydrogens is 367 g/mol. The first-order valence-electron chi connectivity index (χ1n) is 7.41. The molecule has 132 valence electrons. The van der Waals surface area contributed by atoms with Crippen molar-refractivity contribution >= 4 is 23.2 Å². The maximum Gasteiger partial charge on any atom is 0.435 e. The fraction of sp³-hybridized carbons (Fsp3) is 0.0556. The van der Waals surface area contributed by atoms with Gasteiger partial charge in [-0.3, -0.25) is 4.79 Å². The van der Waals surface area contributed by atoms with Gasteiger partial charge in [-0.1, -0.05) is 41.9 Å². The Bertz CT molecular complexity index is 943. The van der Waals surface area contributed by atoms with Crippen LogP contribution in [0.4, 0.5) is 18.9 Å². The third kappa shape index (κ3) is 3.83. The number of aromatic nitrogens is 2. The van der Waals surface area contributed by atoms with E-state index in [1.807, 2.05) is 0 Å². The molecule has 3 aromatic rings. The highest BCUT2D eigenvalue weighted by Gasteiger charge is 2.38. The van der Waals surface area contributed by atoms with Gasteiger partial charge < -0.3 is 5.32 Å². The number of rotatable bonds is 3. The Labute approximate surface area is 151 Å². The summed E-state index contributed by atoms with van der Waals surface area (Å²) in [5, 5.41) is 3.02. The van der Waals surface area contributed by atoms with Gasteiger partial charge in [0.1, 0.15) is 0 Å². The standard InChI is InChI=1S/C18H11ClF3N3O/c19-12-7-5-11(6-8-12)13-3-1-2-4-14(13)25-17(26)15-16(18(20,21)22)24-10-9-23-15/h1-10H,(H,25,26). The summed E-state index contributed by atoms with van der Waals surface area (Å²) < 4.78 is 39.1. The number of alkyl halides is 3. The molecule has 26 heavy (non-hydrogen) atoms. The number of carbonyl (C=O) groups is 1. The van der Waals surface area contributed by atoms with Crippen LogP contribution in [0.15, 0.2) is 60.9 Å². The molecule has 0 bridgehead atoms. The molecule has 1 amide bonds. The van der Waals surface area contributed by atoms with Gasteiger partial charge in [-0.05, 0) is 23.8 Å². The number of carbonyl (C=O) groups excluding carboxylic acids is 1. The largest absolute Gasteiger partial charge is 0.435 e. The van der Waals surface area contributed by atoms with Gasteiger partial charge in [0.25, 0.3) is 5.91 Å². The molecule has 0 saturated heterocycles. The number of benzene rings is 2. The van der Waals surface area contributed by atoms with E-state index in [1.165, 1.54) is 0 Å². The summed E-state index contributed by atoms with van der Waals surface area (Å²) in [6.07, 6.45) is -2.85. The normalized spacial score (nSPS) is 11.2. The minimum atomic E-state index is -4.78. The van der Waals surface area contributed by atoms with E-state index in [0.29, 0.717) is 16.3 Å². The zero-order chi connectivity index (χ0) is 18.7. The number of halogens is 4. The summed E-state index contributed by atoms with van der Waals surface area (Å²) in [6, 6.07) is 13.6. The van der Waals surface area contributed by atoms with Crippen molar-refractivity contribution in [3.63, 3.8) is 0 Å². The Morgan fingerprint density at radius 3 is 2.31 bits per heavy atom. The van der Waals surface area contributed by atoms with Gasteiger partial charge in [0.15, 0.2) is 11.4 Å². The molecular formula is C18H11ClF3N3O. The van der Waals surface area contributed by atoms with Gasteiger partial charge in [-0.2, -0.15) is 13.2 Å². The monoisotopic (exact) mass is 377 g/mol. The number of hydrogen-bond acceptors (Lipinski definition) is 3. The molecule has 1 N–H and O–H groups in total. The average Bonchev–Trinajstić information content (AvgIpc) is 2.62. The Morgan fingerprint density at radius 1 is 0.962 bits per heavy atom. The molecule has 8 heteroatoms. The highest BCUT2D eigenvalue weighted by atomic mass is 35.5. The SMILES string of the molecule is O=C(Nc1ccccc1-c1ccc(Cl)cc1)c1nccnc1C(F)(F)F. The molecule has 0 saturated carbocycles. The maximum absolute atomic E-state index is 13.0. The van der Waals surface area contributed by atoms with E-state index < -0.39 is 23.5 Å². The van der Waals surface area contributed by atoms with Crippen LogP contribution in [0.5, 0.6) is 0 Å². The topological polar surface area (TPSA) is 54.9 Å². The summed E-state index contributed by atoms with van der Waals surface area (Å²) in [7, 11) is 0. The van der Waals surface area contributed by atoms with Crippen LogP contribution >= 0.6 is 11.6 Å². The smallest absolute Gasteiger partial charge is 0.320 e. The van der Waals surface area contributed by atoms with Gasteiger partial charge in [-0.25, -0.2) is 9.97 Å². The maximum atomic E-state index is 13.0. The molecule has 0 unspecified atom stereocenters. The molecule has 1 heterocycles. The van der Waals surface area contributed by atoms with E-state index >= 15 is 0 Å². The van der Waals surface area contributed by atoms with Crippen molar-refractivity contribution in [1.82, 2.24) is 9.97 Å². The molecule has 0 aliphatic carbocycles. The first-order chi connectivity index (χ1) is 12.4. The molecule has 3 rings (SSSR count). The summed E-state index contributed by atoms with van der Waals surface area (Å²) in [4.78, 5) is 19.2. The first-order valence-corrected chi connectivity index (χ1v) is 7.78. The van der Waals surface area contributed by atoms with E-state index in [9.17, 15) is 18.0 Å². The van der Waals surface area contributed by atoms with Crippen LogP contribution < -0.4 is 5.32 Å². The minimum absolute atomic E-state index is 0.346. The van der Waals surface area contributed by atoms with Gasteiger partial charge >= 0.3 is 6.18 Å². The van der Waals surface area contributed by atoms with Crippen molar-refractivity contribution < 1.29 is 18.0 Å². The fourth-order valence-corrected chi connectivity index (χ4v) is 2.49. The van der Waals surface area contributed by atoms with Crippen LogP contribution in [0.1, 0.15) is 16.2 Å². The van der Waals surface area contributed by atoms with Crippen molar-refractivity contribution in [3.05, 3.63) is 77.3 Å². The third-order valence-electron chi connectivity index (χ3n) is 3.51. The second kappa shape index (κ2) is 7.13. The lowest BCUT2D eigenvalue weighted by Gasteiger charge is -2.13. The van der Waals surface area contributed by atoms with Crippen LogP contribution in [-0.4, -0.2) is 15.9 Å². The van der Waals surface area contributed by atoms with Crippen LogP contribution in [-0.2, 0) is 6.18 Å². The molecule has 0 atom stereocenters. The lowest BCUT2D eigenvalue weighted by atomic mass is 10.0. The van der Waals surface area contributed by atoms with Gasteiger partial charge in [0.05, 0.1) is 0 Å². The number of amides is 1. The van der Waals surface area contributed by atoms with E-state index in [1.54, 1.807) is 48.5 Å². The Kier molecular flexibility index (Phi) is 4.90. The molecule has 1 aromatic heterocycles. The van der Waals surface area contributed by atoms with Crippen molar-refractivity contribution in [1.29, 1.82) is 0 Å². The molecule has 2 aromatic carbocycles. The van der Waals surface area contributed by atoms with Crippen molar-refractivity contribution in [2.24, 2.45) is 0 Å². The Balaban J connectivity index is 1.96. The highest BCUT2D eigenvalue weighted by Crippen LogP contribution is 2.31. The Morgan fingerprint density at radius 2 is 1.62 bits per heavy atom. The lowest BCUT2D eigenvalue weighted by Crippen LogP contribution is -2.22. The quantitative estimate of drug-likeness (QED) is 0.693. The molecule has 4 nitrogen and oxygen atoms in total. The number of nitrogens with one attached hydrogen (secondary N) is 1.